The molecule has 1 unspecified atom stereocenters. The zero-order valence-corrected chi connectivity index (χ0v) is 12.3. The molecule has 0 aliphatic heterocycles. The van der Waals surface area contributed by atoms with Gasteiger partial charge in [-0.1, -0.05) is 6.07 Å². The molecule has 4 heteroatoms. The Balaban J connectivity index is 1.80. The van der Waals surface area contributed by atoms with Crippen molar-refractivity contribution in [1.29, 1.82) is 0 Å². The van der Waals surface area contributed by atoms with Crippen LogP contribution in [-0.2, 0) is 11.2 Å². The largest absolute Gasteiger partial charge is 0.466 e. The maximum atomic E-state index is 5.78. The van der Waals surface area contributed by atoms with E-state index in [1.807, 2.05) is 19.1 Å². The summed E-state index contributed by atoms with van der Waals surface area (Å²) in [7, 11) is 0. The summed E-state index contributed by atoms with van der Waals surface area (Å²) >= 11 is 3.51. The molecule has 2 rings (SSSR count). The maximum Gasteiger partial charge on any atom is 0.189 e. The third kappa shape index (κ3) is 4.59. The number of halogens is 1. The first kappa shape index (κ1) is 13.8. The molecule has 0 radical (unpaired) electrons. The van der Waals surface area contributed by atoms with Crippen molar-refractivity contribution in [3.63, 3.8) is 0 Å². The van der Waals surface area contributed by atoms with E-state index in [0.717, 1.165) is 29.2 Å². The van der Waals surface area contributed by atoms with E-state index in [4.69, 9.17) is 15.2 Å². The van der Waals surface area contributed by atoms with Crippen LogP contribution in [0.2, 0.25) is 0 Å². The molecule has 18 heavy (non-hydrogen) atoms. The Bertz CT molecular complexity index is 391. The van der Waals surface area contributed by atoms with Crippen molar-refractivity contribution in [2.45, 2.75) is 32.2 Å². The van der Waals surface area contributed by atoms with Crippen LogP contribution in [-0.4, -0.2) is 19.4 Å². The van der Waals surface area contributed by atoms with Crippen LogP contribution >= 0.6 is 15.9 Å². The van der Waals surface area contributed by atoms with Crippen molar-refractivity contribution < 1.29 is 9.47 Å². The minimum Gasteiger partial charge on any atom is -0.466 e. The molecule has 0 spiro atoms. The molecular formula is C14H20BrNO2. The molecular weight excluding hydrogens is 294 g/mol. The van der Waals surface area contributed by atoms with Gasteiger partial charge in [-0.2, -0.15) is 0 Å². The lowest BCUT2D eigenvalue weighted by Gasteiger charge is -2.11. The fourth-order valence-electron chi connectivity index (χ4n) is 1.76. The highest BCUT2D eigenvalue weighted by atomic mass is 79.9. The smallest absolute Gasteiger partial charge is 0.189 e. The molecule has 1 saturated carbocycles. The number of nitrogens with two attached hydrogens (primary N) is 1. The predicted molar refractivity (Wildman–Crippen MR) is 75.7 cm³/mol. The van der Waals surface area contributed by atoms with Crippen molar-refractivity contribution in [3.8, 4) is 5.75 Å². The van der Waals surface area contributed by atoms with E-state index in [9.17, 15) is 0 Å². The molecule has 1 fully saturated rings. The highest BCUT2D eigenvalue weighted by molar-refractivity contribution is 9.10. The molecule has 1 aliphatic carbocycles. The summed E-state index contributed by atoms with van der Waals surface area (Å²) in [6, 6.07) is 6.23. The Hall–Kier alpha value is -0.580. The summed E-state index contributed by atoms with van der Waals surface area (Å²) in [6.07, 6.45) is 3.47. The first-order chi connectivity index (χ1) is 8.65. The zero-order valence-electron chi connectivity index (χ0n) is 10.7. The molecule has 1 aliphatic rings. The standard InChI is InChI=1S/C14H20BrNO2/c1-10(16)6-12-4-5-14(13(15)7-12)18-9-17-8-11-2-3-11/h4-5,7,10-11H,2-3,6,8-9,16H2,1H3. The topological polar surface area (TPSA) is 44.5 Å². The zero-order chi connectivity index (χ0) is 13.0. The van der Waals surface area contributed by atoms with Crippen LogP contribution in [0.4, 0.5) is 0 Å². The molecule has 1 aromatic rings. The van der Waals surface area contributed by atoms with Crippen LogP contribution in [0.5, 0.6) is 5.75 Å². The molecule has 100 valence electrons. The highest BCUT2D eigenvalue weighted by Crippen LogP contribution is 2.29. The summed E-state index contributed by atoms with van der Waals surface area (Å²) in [5, 5.41) is 0. The van der Waals surface area contributed by atoms with Crippen LogP contribution in [0, 0.1) is 5.92 Å². The number of ether oxygens (including phenoxy) is 2. The Morgan fingerprint density at radius 1 is 1.44 bits per heavy atom. The normalized spacial score (nSPS) is 16.6. The minimum atomic E-state index is 0.172. The van der Waals surface area contributed by atoms with Crippen LogP contribution in [0.1, 0.15) is 25.3 Å². The molecule has 0 bridgehead atoms. The molecule has 0 saturated heterocycles. The van der Waals surface area contributed by atoms with Gasteiger partial charge in [-0.15, -0.1) is 0 Å². The van der Waals surface area contributed by atoms with Gasteiger partial charge in [0, 0.05) is 6.04 Å². The average molecular weight is 314 g/mol. The van der Waals surface area contributed by atoms with Gasteiger partial charge in [0.1, 0.15) is 5.75 Å². The summed E-state index contributed by atoms with van der Waals surface area (Å²) in [6.45, 7) is 3.15. The Kier molecular flexibility index (Phi) is 5.03. The van der Waals surface area contributed by atoms with Crippen molar-refractivity contribution >= 4 is 15.9 Å². The third-order valence-corrected chi connectivity index (χ3v) is 3.52. The van der Waals surface area contributed by atoms with Crippen molar-refractivity contribution in [3.05, 3.63) is 28.2 Å². The molecule has 2 N–H and O–H groups in total. The van der Waals surface area contributed by atoms with Gasteiger partial charge >= 0.3 is 0 Å². The van der Waals surface area contributed by atoms with Gasteiger partial charge in [0.25, 0.3) is 0 Å². The van der Waals surface area contributed by atoms with Crippen molar-refractivity contribution in [1.82, 2.24) is 0 Å². The number of hydrogen-bond acceptors (Lipinski definition) is 3. The van der Waals surface area contributed by atoms with E-state index in [0.29, 0.717) is 6.79 Å². The second kappa shape index (κ2) is 6.55. The van der Waals surface area contributed by atoms with Gasteiger partial charge in [-0.3, -0.25) is 0 Å². The van der Waals surface area contributed by atoms with E-state index in [1.165, 1.54) is 18.4 Å². The highest BCUT2D eigenvalue weighted by Gasteiger charge is 2.21. The fraction of sp³-hybridized carbons (Fsp3) is 0.571. The van der Waals surface area contributed by atoms with E-state index >= 15 is 0 Å². The number of rotatable bonds is 7. The minimum absolute atomic E-state index is 0.172. The fourth-order valence-corrected chi connectivity index (χ4v) is 2.31. The van der Waals surface area contributed by atoms with E-state index in [-0.39, 0.29) is 6.04 Å². The molecule has 0 amide bonds. The molecule has 3 nitrogen and oxygen atoms in total. The van der Waals surface area contributed by atoms with Crippen LogP contribution < -0.4 is 10.5 Å². The third-order valence-electron chi connectivity index (χ3n) is 2.90. The van der Waals surface area contributed by atoms with Gasteiger partial charge < -0.3 is 15.2 Å². The monoisotopic (exact) mass is 313 g/mol. The lowest BCUT2D eigenvalue weighted by Crippen LogP contribution is -2.17. The molecule has 1 aromatic carbocycles. The first-order valence-corrected chi connectivity index (χ1v) is 7.19. The van der Waals surface area contributed by atoms with Crippen molar-refractivity contribution in [2.75, 3.05) is 13.4 Å². The lowest BCUT2D eigenvalue weighted by atomic mass is 10.1. The van der Waals surface area contributed by atoms with Crippen LogP contribution in [0.25, 0.3) is 0 Å². The molecule has 0 aromatic heterocycles. The predicted octanol–water partition coefficient (Wildman–Crippen LogP) is 3.10. The summed E-state index contributed by atoms with van der Waals surface area (Å²) in [5.74, 6) is 1.59. The Labute approximate surface area is 117 Å². The maximum absolute atomic E-state index is 5.78. The quantitative estimate of drug-likeness (QED) is 0.621. The van der Waals surface area contributed by atoms with E-state index < -0.39 is 0 Å². The molecule has 0 heterocycles. The van der Waals surface area contributed by atoms with Gasteiger partial charge in [-0.05, 0) is 65.7 Å². The second-order valence-corrected chi connectivity index (χ2v) is 5.88. The lowest BCUT2D eigenvalue weighted by molar-refractivity contribution is 0.00956. The Morgan fingerprint density at radius 3 is 2.83 bits per heavy atom. The van der Waals surface area contributed by atoms with Gasteiger partial charge in [-0.25, -0.2) is 0 Å². The molecule has 1 atom stereocenters. The van der Waals surface area contributed by atoms with Crippen LogP contribution in [0.15, 0.2) is 22.7 Å². The first-order valence-electron chi connectivity index (χ1n) is 6.39. The number of benzene rings is 1. The average Bonchev–Trinajstić information content (AvgIpc) is 3.10. The van der Waals surface area contributed by atoms with Gasteiger partial charge in [0.05, 0.1) is 11.1 Å². The summed E-state index contributed by atoms with van der Waals surface area (Å²) < 4.78 is 12.0. The van der Waals surface area contributed by atoms with E-state index in [1.54, 1.807) is 0 Å². The van der Waals surface area contributed by atoms with Gasteiger partial charge in [0.2, 0.25) is 0 Å². The summed E-state index contributed by atoms with van der Waals surface area (Å²) in [4.78, 5) is 0. The van der Waals surface area contributed by atoms with Gasteiger partial charge in [0.15, 0.2) is 6.79 Å². The van der Waals surface area contributed by atoms with Crippen LogP contribution in [0.3, 0.4) is 0 Å². The SMILES string of the molecule is CC(N)Cc1ccc(OCOCC2CC2)c(Br)c1. The van der Waals surface area contributed by atoms with E-state index in [2.05, 4.69) is 22.0 Å². The Morgan fingerprint density at radius 2 is 2.22 bits per heavy atom. The van der Waals surface area contributed by atoms with Crippen molar-refractivity contribution in [2.24, 2.45) is 11.7 Å². The number of hydrogen-bond donors (Lipinski definition) is 1. The second-order valence-electron chi connectivity index (χ2n) is 5.02. The summed E-state index contributed by atoms with van der Waals surface area (Å²) in [5.41, 5.74) is 6.99.